The van der Waals surface area contributed by atoms with E-state index in [9.17, 15) is 22.4 Å². The number of H-pyrrole nitrogens is 1. The number of carbonyl (C=O) groups excluding carboxylic acids is 1. The second kappa shape index (κ2) is 11.5. The Morgan fingerprint density at radius 3 is 2.42 bits per heavy atom. The summed E-state index contributed by atoms with van der Waals surface area (Å²) in [6.45, 7) is 0.812. The van der Waals surface area contributed by atoms with Gasteiger partial charge in [0, 0.05) is 24.6 Å². The molecule has 0 aliphatic heterocycles. The quantitative estimate of drug-likeness (QED) is 0.220. The fourth-order valence-electron chi connectivity index (χ4n) is 4.76. The molecule has 4 rings (SSSR count). The van der Waals surface area contributed by atoms with E-state index in [-0.39, 0.29) is 28.6 Å². The van der Waals surface area contributed by atoms with E-state index in [1.54, 1.807) is 12.1 Å². The number of hydrogen-bond acceptors (Lipinski definition) is 3. The van der Waals surface area contributed by atoms with Gasteiger partial charge in [-0.05, 0) is 79.1 Å². The van der Waals surface area contributed by atoms with E-state index in [1.165, 1.54) is 12.1 Å². The highest BCUT2D eigenvalue weighted by atomic mass is 35.5. The number of Topliss-reactive ketones (excluding diaryl/α,β-unsaturated/α-hetero) is 1. The highest BCUT2D eigenvalue weighted by Gasteiger charge is 2.31. The van der Waals surface area contributed by atoms with Crippen molar-refractivity contribution < 1.29 is 22.4 Å². The monoisotopic (exact) mass is 521 g/mol. The molecule has 1 aliphatic carbocycles. The zero-order valence-electron chi connectivity index (χ0n) is 19.7. The number of alkyl halides is 3. The number of benzene rings is 2. The van der Waals surface area contributed by atoms with Crippen LogP contribution in [0.1, 0.15) is 60.9 Å². The minimum absolute atomic E-state index is 0.0535. The second-order valence-corrected chi connectivity index (χ2v) is 9.86. The molecule has 0 amide bonds. The number of nitrogens with zero attached hydrogens (tertiary/aromatic N) is 1. The molecule has 192 valence electrons. The summed E-state index contributed by atoms with van der Waals surface area (Å²) in [5.74, 6) is 1.17. The molecule has 0 unspecified atom stereocenters. The van der Waals surface area contributed by atoms with Gasteiger partial charge in [-0.25, -0.2) is 4.39 Å². The average molecular weight is 522 g/mol. The normalized spacial score (nSPS) is 18.2. The number of hydrogen-bond donors (Lipinski definition) is 2. The molecule has 0 saturated heterocycles. The zero-order chi connectivity index (χ0) is 25.7. The van der Waals surface area contributed by atoms with Crippen LogP contribution in [0.2, 0.25) is 5.02 Å². The van der Waals surface area contributed by atoms with Crippen LogP contribution in [-0.2, 0) is 6.18 Å². The molecular formula is C27H28ClF4N3O. The maximum Gasteiger partial charge on any atom is 0.416 e. The molecule has 0 radical (unpaired) electrons. The predicted octanol–water partition coefficient (Wildman–Crippen LogP) is 8.16. The predicted molar refractivity (Wildman–Crippen MR) is 133 cm³/mol. The summed E-state index contributed by atoms with van der Waals surface area (Å²) in [5, 5.41) is 10.7. The first kappa shape index (κ1) is 26.2. The Morgan fingerprint density at radius 2 is 1.72 bits per heavy atom. The molecule has 2 N–H and O–H groups in total. The third kappa shape index (κ3) is 6.87. The molecule has 1 heterocycles. The molecule has 1 aliphatic rings. The topological polar surface area (TPSA) is 57.8 Å². The minimum atomic E-state index is -4.50. The smallest absolute Gasteiger partial charge is 0.368 e. The lowest BCUT2D eigenvalue weighted by Crippen LogP contribution is -2.21. The van der Waals surface area contributed by atoms with Gasteiger partial charge >= 0.3 is 6.18 Å². The Kier molecular flexibility index (Phi) is 8.34. The van der Waals surface area contributed by atoms with Crippen molar-refractivity contribution in [1.82, 2.24) is 10.2 Å². The summed E-state index contributed by atoms with van der Waals surface area (Å²) in [4.78, 5) is 12.5. The SMILES string of the molecule is O=C(CCCC1CCC(CNc2cc(-c3ccc(F)cc3)[nH]n2)CC1)c1cc(C(F)(F)F)ccc1Cl. The lowest BCUT2D eigenvalue weighted by Gasteiger charge is -2.28. The van der Waals surface area contributed by atoms with Crippen molar-refractivity contribution in [2.75, 3.05) is 11.9 Å². The standard InChI is InChI=1S/C27H28ClF4N3O/c28-23-13-10-20(27(30,31)32)14-22(23)25(36)3-1-2-17-4-6-18(7-5-17)16-33-26-15-24(34-35-26)19-8-11-21(29)12-9-19/h8-15,17-18H,1-7,16H2,(H2,33,34,35). The van der Waals surface area contributed by atoms with Gasteiger partial charge in [0.05, 0.1) is 16.3 Å². The van der Waals surface area contributed by atoms with Gasteiger partial charge in [-0.1, -0.05) is 30.9 Å². The summed E-state index contributed by atoms with van der Waals surface area (Å²) in [6, 6.07) is 11.0. The molecule has 4 nitrogen and oxygen atoms in total. The van der Waals surface area contributed by atoms with Gasteiger partial charge in [-0.2, -0.15) is 18.3 Å². The van der Waals surface area contributed by atoms with Gasteiger partial charge in [-0.15, -0.1) is 0 Å². The molecular weight excluding hydrogens is 494 g/mol. The summed E-state index contributed by atoms with van der Waals surface area (Å²) in [5.41, 5.74) is 0.777. The van der Waals surface area contributed by atoms with E-state index in [2.05, 4.69) is 15.5 Å². The van der Waals surface area contributed by atoms with Crippen molar-refractivity contribution in [2.45, 2.75) is 51.1 Å². The first-order chi connectivity index (χ1) is 17.2. The van der Waals surface area contributed by atoms with Crippen LogP contribution in [0.3, 0.4) is 0 Å². The summed E-state index contributed by atoms with van der Waals surface area (Å²) < 4.78 is 52.0. The first-order valence-corrected chi connectivity index (χ1v) is 12.5. The van der Waals surface area contributed by atoms with Crippen molar-refractivity contribution in [3.05, 3.63) is 70.5 Å². The molecule has 0 bridgehead atoms. The number of rotatable bonds is 9. The largest absolute Gasteiger partial charge is 0.416 e. The van der Waals surface area contributed by atoms with Crippen LogP contribution in [0.25, 0.3) is 11.3 Å². The lowest BCUT2D eigenvalue weighted by atomic mass is 9.79. The summed E-state index contributed by atoms with van der Waals surface area (Å²) in [7, 11) is 0. The fourth-order valence-corrected chi connectivity index (χ4v) is 4.99. The molecule has 3 aromatic rings. The number of halogens is 5. The van der Waals surface area contributed by atoms with Gasteiger partial charge in [0.25, 0.3) is 0 Å². The van der Waals surface area contributed by atoms with Crippen LogP contribution >= 0.6 is 11.6 Å². The van der Waals surface area contributed by atoms with E-state index < -0.39 is 11.7 Å². The Balaban J connectivity index is 1.17. The van der Waals surface area contributed by atoms with E-state index in [0.29, 0.717) is 18.3 Å². The maximum absolute atomic E-state index is 13.1. The molecule has 1 fully saturated rings. The average Bonchev–Trinajstić information content (AvgIpc) is 3.32. The Hall–Kier alpha value is -2.87. The molecule has 0 spiro atoms. The first-order valence-electron chi connectivity index (χ1n) is 12.1. The maximum atomic E-state index is 13.1. The van der Waals surface area contributed by atoms with E-state index in [0.717, 1.165) is 73.9 Å². The summed E-state index contributed by atoms with van der Waals surface area (Å²) >= 11 is 5.98. The van der Waals surface area contributed by atoms with Crippen molar-refractivity contribution in [3.63, 3.8) is 0 Å². The molecule has 2 aromatic carbocycles. The molecule has 9 heteroatoms. The Morgan fingerprint density at radius 1 is 1.03 bits per heavy atom. The Bertz CT molecular complexity index is 1170. The van der Waals surface area contributed by atoms with Crippen molar-refractivity contribution in [2.24, 2.45) is 11.8 Å². The van der Waals surface area contributed by atoms with Crippen LogP contribution in [0.15, 0.2) is 48.5 Å². The van der Waals surface area contributed by atoms with Crippen LogP contribution in [0.4, 0.5) is 23.4 Å². The van der Waals surface area contributed by atoms with E-state index in [4.69, 9.17) is 11.6 Å². The number of nitrogens with one attached hydrogen (secondary N) is 2. The number of aromatic amines is 1. The molecule has 1 saturated carbocycles. The van der Waals surface area contributed by atoms with Crippen molar-refractivity contribution in [1.29, 1.82) is 0 Å². The van der Waals surface area contributed by atoms with Crippen molar-refractivity contribution in [3.8, 4) is 11.3 Å². The van der Waals surface area contributed by atoms with Gasteiger partial charge in [-0.3, -0.25) is 9.89 Å². The van der Waals surface area contributed by atoms with E-state index in [1.807, 2.05) is 6.07 Å². The van der Waals surface area contributed by atoms with Gasteiger partial charge in [0.15, 0.2) is 5.78 Å². The number of anilines is 1. The lowest BCUT2D eigenvalue weighted by molar-refractivity contribution is -0.137. The van der Waals surface area contributed by atoms with Crippen LogP contribution in [0, 0.1) is 17.7 Å². The molecule has 1 aromatic heterocycles. The van der Waals surface area contributed by atoms with Crippen LogP contribution in [0.5, 0.6) is 0 Å². The highest BCUT2D eigenvalue weighted by Crippen LogP contribution is 2.34. The van der Waals surface area contributed by atoms with Crippen LogP contribution < -0.4 is 5.32 Å². The summed E-state index contributed by atoms with van der Waals surface area (Å²) in [6.07, 6.45) is 1.47. The van der Waals surface area contributed by atoms with Crippen molar-refractivity contribution >= 4 is 23.2 Å². The van der Waals surface area contributed by atoms with Gasteiger partial charge < -0.3 is 5.32 Å². The third-order valence-electron chi connectivity index (χ3n) is 6.88. The zero-order valence-corrected chi connectivity index (χ0v) is 20.4. The number of aromatic nitrogens is 2. The highest BCUT2D eigenvalue weighted by molar-refractivity contribution is 6.34. The third-order valence-corrected chi connectivity index (χ3v) is 7.21. The second-order valence-electron chi connectivity index (χ2n) is 9.45. The fraction of sp³-hybridized carbons (Fsp3) is 0.407. The molecule has 36 heavy (non-hydrogen) atoms. The van der Waals surface area contributed by atoms with Gasteiger partial charge in [0.2, 0.25) is 0 Å². The van der Waals surface area contributed by atoms with E-state index >= 15 is 0 Å². The molecule has 0 atom stereocenters. The Labute approximate surface area is 212 Å². The van der Waals surface area contributed by atoms with Gasteiger partial charge in [0.1, 0.15) is 11.6 Å². The minimum Gasteiger partial charge on any atom is -0.368 e. The van der Waals surface area contributed by atoms with Crippen LogP contribution in [-0.4, -0.2) is 22.5 Å². The number of ketones is 1. The number of carbonyl (C=O) groups is 1.